The van der Waals surface area contributed by atoms with Crippen LogP contribution in [-0.2, 0) is 11.2 Å². The van der Waals surface area contributed by atoms with Gasteiger partial charge in [-0.3, -0.25) is 0 Å². The molecule has 0 unspecified atom stereocenters. The molecule has 0 fully saturated rings. The number of carbonyl (C=O) groups excluding carboxylic acids is 1. The fourth-order valence-electron chi connectivity index (χ4n) is 2.69. The van der Waals surface area contributed by atoms with E-state index in [0.717, 1.165) is 37.6 Å². The number of ether oxygens (including phenoxy) is 1. The molecule has 0 radical (unpaired) electrons. The third-order valence-electron chi connectivity index (χ3n) is 3.84. The minimum Gasteiger partial charge on any atom is -0.444 e. The van der Waals surface area contributed by atoms with Crippen LogP contribution in [-0.4, -0.2) is 41.8 Å². The number of nitrogens with zero attached hydrogens (tertiary/aromatic N) is 1. The number of hydrogen-bond donors (Lipinski definition) is 0. The van der Waals surface area contributed by atoms with E-state index in [1.807, 2.05) is 43.9 Å². The minimum atomic E-state index is -0.478. The summed E-state index contributed by atoms with van der Waals surface area (Å²) in [7, 11) is 2.12. The molecule has 0 saturated carbocycles. The van der Waals surface area contributed by atoms with Gasteiger partial charge in [0.15, 0.2) is 0 Å². The van der Waals surface area contributed by atoms with Gasteiger partial charge in [-0.1, -0.05) is 52.7 Å². The number of carbonyl (C=O) groups is 1. The Morgan fingerprint density at radius 1 is 1.12 bits per heavy atom. The second-order valence-corrected chi connectivity index (χ2v) is 8.65. The fourth-order valence-corrected chi connectivity index (χ4v) is 3.09. The molecule has 0 saturated heterocycles. The summed E-state index contributed by atoms with van der Waals surface area (Å²) >= 11 is 3.46. The summed E-state index contributed by atoms with van der Waals surface area (Å²) in [6.07, 6.45) is 3.81. The van der Waals surface area contributed by atoms with Crippen molar-refractivity contribution >= 4 is 29.9 Å². The highest BCUT2D eigenvalue weighted by Gasteiger charge is 2.33. The average Bonchev–Trinajstić information content (AvgIpc) is 2.45. The van der Waals surface area contributed by atoms with Crippen LogP contribution < -0.4 is 0 Å². The molecule has 24 heavy (non-hydrogen) atoms. The first kappa shape index (κ1) is 21.1. The van der Waals surface area contributed by atoms with Gasteiger partial charge >= 0.3 is 6.09 Å². The number of rotatable bonds is 8. The maximum Gasteiger partial charge on any atom is 0.410 e. The van der Waals surface area contributed by atoms with Crippen LogP contribution in [0.1, 0.15) is 52.5 Å². The maximum absolute atomic E-state index is 12.8. The predicted molar refractivity (Wildman–Crippen MR) is 108 cm³/mol. The van der Waals surface area contributed by atoms with Crippen molar-refractivity contribution in [3.8, 4) is 0 Å². The first-order valence-corrected chi connectivity index (χ1v) is 9.88. The van der Waals surface area contributed by atoms with Crippen LogP contribution in [0.25, 0.3) is 0 Å². The molecule has 0 aromatic heterocycles. The summed E-state index contributed by atoms with van der Waals surface area (Å²) in [6.45, 7) is 8.59. The highest BCUT2D eigenvalue weighted by atomic mass is 79.9. The number of hydrogen-bond acceptors (Lipinski definition) is 2. The van der Waals surface area contributed by atoms with E-state index in [0.29, 0.717) is 0 Å². The van der Waals surface area contributed by atoms with Crippen molar-refractivity contribution in [2.24, 2.45) is 0 Å². The zero-order valence-corrected chi connectivity index (χ0v) is 17.4. The van der Waals surface area contributed by atoms with Crippen LogP contribution in [0.4, 0.5) is 4.79 Å². The second-order valence-electron chi connectivity index (χ2n) is 7.86. The van der Waals surface area contributed by atoms with Gasteiger partial charge in [0.05, 0.1) is 0 Å². The van der Waals surface area contributed by atoms with E-state index >= 15 is 0 Å². The Morgan fingerprint density at radius 3 is 2.29 bits per heavy atom. The molecule has 134 valence electrons. The van der Waals surface area contributed by atoms with Gasteiger partial charge in [0, 0.05) is 17.3 Å². The molecule has 1 aromatic carbocycles. The standard InChI is InChI=1S/C19H31BBrNO2/c1-18(2,3)24-17(23)22(14-10-6-9-13-21)19(4,20)15-16-11-7-5-8-12-16/h5,7-8,11-12H,6,9-10,13-15,20H2,1-4H3/t19-/m1/s1. The molecule has 3 nitrogen and oxygen atoms in total. The monoisotopic (exact) mass is 395 g/mol. The van der Waals surface area contributed by atoms with Crippen molar-refractivity contribution in [1.29, 1.82) is 0 Å². The van der Waals surface area contributed by atoms with E-state index in [1.54, 1.807) is 0 Å². The molecule has 1 rings (SSSR count). The lowest BCUT2D eigenvalue weighted by Crippen LogP contribution is -2.53. The molecular formula is C19H31BBrNO2. The highest BCUT2D eigenvalue weighted by Crippen LogP contribution is 2.22. The van der Waals surface area contributed by atoms with Crippen LogP contribution in [0, 0.1) is 0 Å². The Balaban J connectivity index is 2.86. The Kier molecular flexibility index (Phi) is 8.34. The number of unbranched alkanes of at least 4 members (excludes halogenated alkanes) is 2. The molecule has 1 atom stereocenters. The van der Waals surface area contributed by atoms with Crippen LogP contribution in [0.2, 0.25) is 0 Å². The molecule has 0 heterocycles. The summed E-state index contributed by atoms with van der Waals surface area (Å²) in [6, 6.07) is 10.3. The molecule has 0 N–H and O–H groups in total. The van der Waals surface area contributed by atoms with E-state index in [2.05, 4.69) is 42.8 Å². The first-order chi connectivity index (χ1) is 11.2. The zero-order valence-electron chi connectivity index (χ0n) is 15.8. The number of alkyl halides is 1. The van der Waals surface area contributed by atoms with Crippen LogP contribution in [0.15, 0.2) is 30.3 Å². The largest absolute Gasteiger partial charge is 0.444 e. The molecular weight excluding hydrogens is 365 g/mol. The topological polar surface area (TPSA) is 29.5 Å². The van der Waals surface area contributed by atoms with Crippen molar-refractivity contribution < 1.29 is 9.53 Å². The van der Waals surface area contributed by atoms with Gasteiger partial charge in [0.25, 0.3) is 0 Å². The molecule has 1 aromatic rings. The molecule has 0 aliphatic carbocycles. The summed E-state index contributed by atoms with van der Waals surface area (Å²) < 4.78 is 5.66. The van der Waals surface area contributed by atoms with Crippen molar-refractivity contribution in [3.63, 3.8) is 0 Å². The van der Waals surface area contributed by atoms with Crippen molar-refractivity contribution in [2.45, 2.75) is 64.4 Å². The predicted octanol–water partition coefficient (Wildman–Crippen LogP) is 4.38. The Labute approximate surface area is 156 Å². The third-order valence-corrected chi connectivity index (χ3v) is 4.40. The zero-order chi connectivity index (χ0) is 18.2. The summed E-state index contributed by atoms with van der Waals surface area (Å²) in [5, 5.41) is 1.01. The van der Waals surface area contributed by atoms with Crippen LogP contribution in [0.5, 0.6) is 0 Å². The lowest BCUT2D eigenvalue weighted by molar-refractivity contribution is 0.0123. The average molecular weight is 396 g/mol. The van der Waals surface area contributed by atoms with Gasteiger partial charge in [-0.15, -0.1) is 0 Å². The lowest BCUT2D eigenvalue weighted by Gasteiger charge is -2.40. The number of amides is 1. The van der Waals surface area contributed by atoms with Crippen molar-refractivity contribution in [2.75, 3.05) is 11.9 Å². The minimum absolute atomic E-state index is 0.220. The molecule has 0 spiro atoms. The van der Waals surface area contributed by atoms with Crippen LogP contribution in [0.3, 0.4) is 0 Å². The van der Waals surface area contributed by atoms with Crippen LogP contribution >= 0.6 is 15.9 Å². The van der Waals surface area contributed by atoms with Crippen molar-refractivity contribution in [1.82, 2.24) is 4.90 Å². The van der Waals surface area contributed by atoms with Gasteiger partial charge in [-0.25, -0.2) is 4.79 Å². The molecule has 0 bridgehead atoms. The summed E-state index contributed by atoms with van der Waals surface area (Å²) in [5.41, 5.74) is 0.461. The SMILES string of the molecule is B[C@@](C)(Cc1ccccc1)N(CCCCCBr)C(=O)OC(C)(C)C. The maximum atomic E-state index is 12.8. The molecule has 5 heteroatoms. The number of halogens is 1. The van der Waals surface area contributed by atoms with E-state index in [-0.39, 0.29) is 11.5 Å². The smallest absolute Gasteiger partial charge is 0.410 e. The quantitative estimate of drug-likeness (QED) is 0.371. The second kappa shape index (κ2) is 9.50. The highest BCUT2D eigenvalue weighted by molar-refractivity contribution is 9.09. The van der Waals surface area contributed by atoms with E-state index in [1.165, 1.54) is 5.56 Å². The third kappa shape index (κ3) is 7.74. The number of benzene rings is 1. The van der Waals surface area contributed by atoms with Gasteiger partial charge < -0.3 is 9.64 Å². The van der Waals surface area contributed by atoms with Gasteiger partial charge in [0.1, 0.15) is 13.4 Å². The Hall–Kier alpha value is -0.965. The first-order valence-electron chi connectivity index (χ1n) is 8.76. The van der Waals surface area contributed by atoms with E-state index in [9.17, 15) is 4.79 Å². The molecule has 1 amide bonds. The Bertz CT molecular complexity index is 500. The van der Waals surface area contributed by atoms with E-state index in [4.69, 9.17) is 4.74 Å². The molecule has 0 aliphatic heterocycles. The van der Waals surface area contributed by atoms with E-state index < -0.39 is 5.60 Å². The fraction of sp³-hybridized carbons (Fsp3) is 0.632. The normalized spacial score (nSPS) is 14.0. The Morgan fingerprint density at radius 2 is 1.75 bits per heavy atom. The molecule has 0 aliphatic rings. The van der Waals surface area contributed by atoms with Gasteiger partial charge in [-0.05, 0) is 52.5 Å². The van der Waals surface area contributed by atoms with Crippen molar-refractivity contribution in [3.05, 3.63) is 35.9 Å². The summed E-state index contributed by atoms with van der Waals surface area (Å²) in [5.74, 6) is 0. The summed E-state index contributed by atoms with van der Waals surface area (Å²) in [4.78, 5) is 14.7. The van der Waals surface area contributed by atoms with Gasteiger partial charge in [-0.2, -0.15) is 0 Å². The lowest BCUT2D eigenvalue weighted by atomic mass is 9.73. The van der Waals surface area contributed by atoms with Gasteiger partial charge in [0.2, 0.25) is 0 Å².